The Kier molecular flexibility index (Phi) is 7.77. The molecule has 9 heteroatoms. The van der Waals surface area contributed by atoms with Crippen LogP contribution in [0, 0.1) is 5.92 Å². The molecule has 0 amide bonds. The van der Waals surface area contributed by atoms with Crippen molar-refractivity contribution in [1.29, 1.82) is 0 Å². The van der Waals surface area contributed by atoms with Crippen molar-refractivity contribution in [2.24, 2.45) is 5.92 Å². The summed E-state index contributed by atoms with van der Waals surface area (Å²) in [6.45, 7) is 5.58. The van der Waals surface area contributed by atoms with Gasteiger partial charge in [-0.05, 0) is 37.0 Å². The predicted molar refractivity (Wildman–Crippen MR) is 105 cm³/mol. The molecule has 2 aromatic rings. The average Bonchev–Trinajstić information content (AvgIpc) is 3.06. The van der Waals surface area contributed by atoms with Crippen LogP contribution in [-0.2, 0) is 28.7 Å². The van der Waals surface area contributed by atoms with Gasteiger partial charge in [0.2, 0.25) is 0 Å². The van der Waals surface area contributed by atoms with E-state index in [1.165, 1.54) is 31.6 Å². The summed E-state index contributed by atoms with van der Waals surface area (Å²) in [6.07, 6.45) is -0.778. The van der Waals surface area contributed by atoms with E-state index in [9.17, 15) is 27.9 Å². The zero-order valence-electron chi connectivity index (χ0n) is 17.1. The van der Waals surface area contributed by atoms with E-state index in [0.717, 1.165) is 12.1 Å². The number of halogens is 3. The maximum absolute atomic E-state index is 12.7. The number of imidazole rings is 1. The molecule has 164 valence electrons. The van der Waals surface area contributed by atoms with Gasteiger partial charge in [0, 0.05) is 24.9 Å². The monoisotopic (exact) mass is 425 g/mol. The van der Waals surface area contributed by atoms with Crippen molar-refractivity contribution in [3.05, 3.63) is 53.6 Å². The number of carbonyl (C=O) groups excluding carboxylic acids is 1. The first-order chi connectivity index (χ1) is 14.0. The summed E-state index contributed by atoms with van der Waals surface area (Å²) < 4.78 is 39.8. The fraction of sp³-hybridized carbons (Fsp3) is 0.476. The molecule has 1 aromatic carbocycles. The van der Waals surface area contributed by atoms with E-state index in [-0.39, 0.29) is 24.7 Å². The van der Waals surface area contributed by atoms with Crippen LogP contribution < -0.4 is 5.32 Å². The minimum Gasteiger partial charge on any atom is -0.480 e. The van der Waals surface area contributed by atoms with Crippen molar-refractivity contribution < 1.29 is 27.9 Å². The van der Waals surface area contributed by atoms with Crippen LogP contribution in [-0.4, -0.2) is 38.5 Å². The van der Waals surface area contributed by atoms with Gasteiger partial charge in [0.05, 0.1) is 17.9 Å². The molecule has 2 atom stereocenters. The van der Waals surface area contributed by atoms with E-state index in [1.807, 2.05) is 13.8 Å². The highest BCUT2D eigenvalue weighted by Gasteiger charge is 2.30. The van der Waals surface area contributed by atoms with E-state index >= 15 is 0 Å². The van der Waals surface area contributed by atoms with E-state index in [1.54, 1.807) is 4.57 Å². The number of nitrogens with one attached hydrogen (secondary N) is 1. The number of carbonyl (C=O) groups is 2. The summed E-state index contributed by atoms with van der Waals surface area (Å²) in [5.74, 6) is -1.01. The normalized spacial score (nSPS) is 14.0. The Bertz CT molecular complexity index is 860. The molecule has 2 unspecified atom stereocenters. The fourth-order valence-electron chi connectivity index (χ4n) is 3.15. The molecule has 0 aliphatic rings. The second kappa shape index (κ2) is 9.88. The van der Waals surface area contributed by atoms with Gasteiger partial charge in [-0.3, -0.25) is 14.9 Å². The predicted octanol–water partition coefficient (Wildman–Crippen LogP) is 3.54. The molecule has 30 heavy (non-hydrogen) atoms. The number of carboxylic acid groups (broad SMARTS) is 1. The number of aromatic nitrogens is 2. The van der Waals surface area contributed by atoms with Gasteiger partial charge in [-0.1, -0.05) is 26.0 Å². The summed E-state index contributed by atoms with van der Waals surface area (Å²) >= 11 is 0. The van der Waals surface area contributed by atoms with Gasteiger partial charge in [0.15, 0.2) is 0 Å². The lowest BCUT2D eigenvalue weighted by Crippen LogP contribution is -2.48. The zero-order valence-corrected chi connectivity index (χ0v) is 17.1. The molecule has 0 bridgehead atoms. The Morgan fingerprint density at radius 2 is 1.80 bits per heavy atom. The van der Waals surface area contributed by atoms with E-state index in [2.05, 4.69) is 10.3 Å². The van der Waals surface area contributed by atoms with Crippen molar-refractivity contribution in [2.45, 2.75) is 58.4 Å². The molecule has 6 nitrogen and oxygen atoms in total. The van der Waals surface area contributed by atoms with Crippen molar-refractivity contribution in [3.63, 3.8) is 0 Å². The number of ketones is 1. The first-order valence-electron chi connectivity index (χ1n) is 9.61. The van der Waals surface area contributed by atoms with Crippen molar-refractivity contribution in [3.8, 4) is 0 Å². The van der Waals surface area contributed by atoms with Crippen LogP contribution in [0.4, 0.5) is 13.2 Å². The highest BCUT2D eigenvalue weighted by Crippen LogP contribution is 2.29. The van der Waals surface area contributed by atoms with Gasteiger partial charge < -0.3 is 9.67 Å². The maximum atomic E-state index is 12.7. The number of rotatable bonds is 10. The molecule has 0 saturated carbocycles. The largest absolute Gasteiger partial charge is 0.480 e. The Balaban J connectivity index is 2.14. The number of benzene rings is 1. The lowest BCUT2D eigenvalue weighted by molar-refractivity contribution is -0.140. The lowest BCUT2D eigenvalue weighted by Gasteiger charge is -2.23. The Labute approximate surface area is 173 Å². The maximum Gasteiger partial charge on any atom is 0.416 e. The van der Waals surface area contributed by atoms with Crippen LogP contribution in [0.2, 0.25) is 0 Å². The Morgan fingerprint density at radius 3 is 2.30 bits per heavy atom. The molecule has 0 fully saturated rings. The third kappa shape index (κ3) is 6.69. The fourth-order valence-corrected chi connectivity index (χ4v) is 3.15. The molecule has 1 heterocycles. The zero-order chi connectivity index (χ0) is 22.5. The highest BCUT2D eigenvalue weighted by molar-refractivity contribution is 5.83. The number of alkyl halides is 3. The van der Waals surface area contributed by atoms with E-state index in [4.69, 9.17) is 0 Å². The summed E-state index contributed by atoms with van der Waals surface area (Å²) in [5.41, 5.74) is 0.498. The lowest BCUT2D eigenvalue weighted by atomic mass is 9.99. The first kappa shape index (κ1) is 23.6. The Hall–Kier alpha value is -2.68. The summed E-state index contributed by atoms with van der Waals surface area (Å²) in [5, 5.41) is 12.5. The minimum absolute atomic E-state index is 0.0812. The SMILES string of the molecule is CC(=O)C(CC(C)C)NC(Cc1cncn1Cc1ccc(C(F)(F)F)cc1)C(=O)O. The van der Waals surface area contributed by atoms with Crippen molar-refractivity contribution >= 4 is 11.8 Å². The number of carboxylic acids is 1. The quantitative estimate of drug-likeness (QED) is 0.608. The van der Waals surface area contributed by atoms with E-state index in [0.29, 0.717) is 17.7 Å². The summed E-state index contributed by atoms with van der Waals surface area (Å²) in [4.78, 5) is 27.7. The minimum atomic E-state index is -4.40. The molecule has 0 radical (unpaired) electrons. The second-order valence-corrected chi connectivity index (χ2v) is 7.76. The topological polar surface area (TPSA) is 84.2 Å². The number of nitrogens with zero attached hydrogens (tertiary/aromatic N) is 2. The molecule has 2 N–H and O–H groups in total. The van der Waals surface area contributed by atoms with Crippen molar-refractivity contribution in [1.82, 2.24) is 14.9 Å². The van der Waals surface area contributed by atoms with Gasteiger partial charge in [0.25, 0.3) is 0 Å². The summed E-state index contributed by atoms with van der Waals surface area (Å²) in [7, 11) is 0. The molecule has 1 aromatic heterocycles. The number of aliphatic carboxylic acids is 1. The average molecular weight is 425 g/mol. The molecule has 2 rings (SSSR count). The molecule has 0 spiro atoms. The third-order valence-electron chi connectivity index (χ3n) is 4.74. The molecule has 0 saturated heterocycles. The highest BCUT2D eigenvalue weighted by atomic mass is 19.4. The molecular weight excluding hydrogens is 399 g/mol. The van der Waals surface area contributed by atoms with Crippen LogP contribution >= 0.6 is 0 Å². The van der Waals surface area contributed by atoms with Gasteiger partial charge >= 0.3 is 12.1 Å². The van der Waals surface area contributed by atoms with Gasteiger partial charge in [-0.25, -0.2) is 4.98 Å². The van der Waals surface area contributed by atoms with Crippen LogP contribution in [0.15, 0.2) is 36.8 Å². The molecule has 0 aliphatic carbocycles. The third-order valence-corrected chi connectivity index (χ3v) is 4.74. The van der Waals surface area contributed by atoms with Gasteiger partial charge in [-0.2, -0.15) is 13.2 Å². The van der Waals surface area contributed by atoms with Crippen LogP contribution in [0.1, 0.15) is 44.0 Å². The van der Waals surface area contributed by atoms with Crippen LogP contribution in [0.5, 0.6) is 0 Å². The first-order valence-corrected chi connectivity index (χ1v) is 9.61. The van der Waals surface area contributed by atoms with Crippen LogP contribution in [0.25, 0.3) is 0 Å². The van der Waals surface area contributed by atoms with Gasteiger partial charge in [0.1, 0.15) is 11.8 Å². The number of Topliss-reactive ketones (excluding diaryl/α,β-unsaturated/α-hetero) is 1. The summed E-state index contributed by atoms with van der Waals surface area (Å²) in [6, 6.07) is 3.22. The standard InChI is InChI=1S/C21H26F3N3O3/c1-13(2)8-18(14(3)28)26-19(20(29)30)9-17-10-25-12-27(17)11-15-4-6-16(7-5-15)21(22,23)24/h4-7,10,12-13,18-19,26H,8-9,11H2,1-3H3,(H,29,30). The van der Waals surface area contributed by atoms with Crippen molar-refractivity contribution in [2.75, 3.05) is 0 Å². The van der Waals surface area contributed by atoms with E-state index < -0.39 is 29.8 Å². The Morgan fingerprint density at radius 1 is 1.17 bits per heavy atom. The number of hydrogen-bond acceptors (Lipinski definition) is 4. The molecular formula is C21H26F3N3O3. The molecule has 0 aliphatic heterocycles. The van der Waals surface area contributed by atoms with Gasteiger partial charge in [-0.15, -0.1) is 0 Å². The number of hydrogen-bond donors (Lipinski definition) is 2. The second-order valence-electron chi connectivity index (χ2n) is 7.76. The smallest absolute Gasteiger partial charge is 0.416 e. The van der Waals surface area contributed by atoms with Crippen LogP contribution in [0.3, 0.4) is 0 Å².